The number of hydrogen-bond acceptors (Lipinski definition) is 2. The van der Waals surface area contributed by atoms with E-state index in [1.807, 2.05) is 0 Å². The van der Waals surface area contributed by atoms with E-state index < -0.39 is 0 Å². The third-order valence-electron chi connectivity index (χ3n) is 2.63. The maximum Gasteiger partial charge on any atom is 0.0583 e. The van der Waals surface area contributed by atoms with Crippen LogP contribution < -0.4 is 5.73 Å². The maximum atomic E-state index is 9.26. The van der Waals surface area contributed by atoms with E-state index in [4.69, 9.17) is 5.73 Å². The Morgan fingerprint density at radius 2 is 1.89 bits per heavy atom. The topological polar surface area (TPSA) is 46.2 Å². The van der Waals surface area contributed by atoms with Gasteiger partial charge in [0.1, 0.15) is 0 Å². The smallest absolute Gasteiger partial charge is 0.0583 e. The number of aliphatic hydroxyl groups excluding tert-OH is 1. The summed E-state index contributed by atoms with van der Waals surface area (Å²) in [5.41, 5.74) is 5.70. The SMILES string of the molecule is C[C@@H]1[C@H](C)[C@@H](N)C[C@H]1O. The van der Waals surface area contributed by atoms with E-state index in [0.29, 0.717) is 11.8 Å². The quantitative estimate of drug-likeness (QED) is 0.496. The molecule has 1 fully saturated rings. The lowest BCUT2D eigenvalue weighted by Gasteiger charge is -2.13. The molecule has 1 aliphatic carbocycles. The van der Waals surface area contributed by atoms with Gasteiger partial charge in [-0.05, 0) is 18.3 Å². The second-order valence-electron chi connectivity index (χ2n) is 3.19. The van der Waals surface area contributed by atoms with Crippen molar-refractivity contribution >= 4 is 0 Å². The van der Waals surface area contributed by atoms with Crippen LogP contribution in [0.15, 0.2) is 0 Å². The van der Waals surface area contributed by atoms with Gasteiger partial charge in [0.05, 0.1) is 6.10 Å². The maximum absolute atomic E-state index is 9.26. The van der Waals surface area contributed by atoms with E-state index in [1.54, 1.807) is 0 Å². The zero-order chi connectivity index (χ0) is 7.02. The minimum Gasteiger partial charge on any atom is -0.393 e. The standard InChI is InChI=1S/C7H15NO/c1-4-5(2)7(9)3-6(4)8/h4-7,9H,3,8H2,1-2H3/t4-,5+,6-,7+/m0/s1. The molecule has 1 rings (SSSR count). The average Bonchev–Trinajstić information content (AvgIpc) is 1.98. The summed E-state index contributed by atoms with van der Waals surface area (Å²) in [5, 5.41) is 9.26. The third kappa shape index (κ3) is 1.10. The van der Waals surface area contributed by atoms with E-state index in [1.165, 1.54) is 0 Å². The first kappa shape index (κ1) is 7.03. The highest BCUT2D eigenvalue weighted by atomic mass is 16.3. The molecule has 0 saturated heterocycles. The summed E-state index contributed by atoms with van der Waals surface area (Å²) in [5.74, 6) is 0.875. The molecule has 0 bridgehead atoms. The van der Waals surface area contributed by atoms with Crippen molar-refractivity contribution in [1.82, 2.24) is 0 Å². The monoisotopic (exact) mass is 129 g/mol. The molecule has 0 aromatic rings. The third-order valence-corrected chi connectivity index (χ3v) is 2.63. The molecular weight excluding hydrogens is 114 g/mol. The van der Waals surface area contributed by atoms with Gasteiger partial charge < -0.3 is 10.8 Å². The molecule has 0 amide bonds. The molecule has 0 aliphatic heterocycles. The van der Waals surface area contributed by atoms with Crippen molar-refractivity contribution in [2.75, 3.05) is 0 Å². The van der Waals surface area contributed by atoms with Crippen LogP contribution in [0.25, 0.3) is 0 Å². The Bertz CT molecular complexity index is 93.1. The molecule has 0 radical (unpaired) electrons. The van der Waals surface area contributed by atoms with Crippen LogP contribution in [0.1, 0.15) is 20.3 Å². The predicted molar refractivity (Wildman–Crippen MR) is 36.9 cm³/mol. The van der Waals surface area contributed by atoms with Crippen molar-refractivity contribution in [3.63, 3.8) is 0 Å². The zero-order valence-electron chi connectivity index (χ0n) is 6.04. The van der Waals surface area contributed by atoms with Gasteiger partial charge in [-0.2, -0.15) is 0 Å². The van der Waals surface area contributed by atoms with Crippen molar-refractivity contribution in [2.45, 2.75) is 32.4 Å². The van der Waals surface area contributed by atoms with Crippen molar-refractivity contribution in [1.29, 1.82) is 0 Å². The molecule has 1 saturated carbocycles. The molecule has 3 N–H and O–H groups in total. The lowest BCUT2D eigenvalue weighted by atomic mass is 9.97. The molecule has 0 unspecified atom stereocenters. The Balaban J connectivity index is 2.54. The summed E-state index contributed by atoms with van der Waals surface area (Å²) in [6.07, 6.45) is 0.623. The fraction of sp³-hybridized carbons (Fsp3) is 1.00. The van der Waals surface area contributed by atoms with Crippen LogP contribution in [0.2, 0.25) is 0 Å². The number of nitrogens with two attached hydrogens (primary N) is 1. The molecule has 2 heteroatoms. The normalized spacial score (nSPS) is 52.0. The van der Waals surface area contributed by atoms with Gasteiger partial charge in [-0.25, -0.2) is 0 Å². The van der Waals surface area contributed by atoms with E-state index in [0.717, 1.165) is 6.42 Å². The van der Waals surface area contributed by atoms with Gasteiger partial charge in [-0.15, -0.1) is 0 Å². The second-order valence-corrected chi connectivity index (χ2v) is 3.19. The van der Waals surface area contributed by atoms with Gasteiger partial charge >= 0.3 is 0 Å². The highest BCUT2D eigenvalue weighted by molar-refractivity contribution is 4.88. The van der Waals surface area contributed by atoms with E-state index >= 15 is 0 Å². The summed E-state index contributed by atoms with van der Waals surface area (Å²) in [6, 6.07) is 0.218. The molecule has 0 spiro atoms. The van der Waals surface area contributed by atoms with Crippen molar-refractivity contribution in [2.24, 2.45) is 17.6 Å². The average molecular weight is 129 g/mol. The summed E-state index contributed by atoms with van der Waals surface area (Å²) < 4.78 is 0. The van der Waals surface area contributed by atoms with Gasteiger partial charge in [-0.1, -0.05) is 13.8 Å². The first-order valence-electron chi connectivity index (χ1n) is 3.56. The first-order valence-corrected chi connectivity index (χ1v) is 3.56. The molecule has 0 aromatic carbocycles. The van der Waals surface area contributed by atoms with Crippen LogP contribution in [-0.4, -0.2) is 17.3 Å². The molecule has 9 heavy (non-hydrogen) atoms. The van der Waals surface area contributed by atoms with Crippen LogP contribution in [0.4, 0.5) is 0 Å². The van der Waals surface area contributed by atoms with Crippen LogP contribution in [-0.2, 0) is 0 Å². The lowest BCUT2D eigenvalue weighted by molar-refractivity contribution is 0.130. The van der Waals surface area contributed by atoms with E-state index in [2.05, 4.69) is 13.8 Å². The molecule has 0 heterocycles. The van der Waals surface area contributed by atoms with Crippen molar-refractivity contribution in [3.8, 4) is 0 Å². The fourth-order valence-corrected chi connectivity index (χ4v) is 1.45. The van der Waals surface area contributed by atoms with Crippen LogP contribution in [0.5, 0.6) is 0 Å². The predicted octanol–water partition coefficient (Wildman–Crippen LogP) is 0.350. The highest BCUT2D eigenvalue weighted by Gasteiger charge is 2.34. The van der Waals surface area contributed by atoms with Gasteiger partial charge in [0.2, 0.25) is 0 Å². The Kier molecular flexibility index (Phi) is 1.78. The van der Waals surface area contributed by atoms with Crippen molar-refractivity contribution < 1.29 is 5.11 Å². The largest absolute Gasteiger partial charge is 0.393 e. The van der Waals surface area contributed by atoms with Crippen LogP contribution >= 0.6 is 0 Å². The Hall–Kier alpha value is -0.0800. The Morgan fingerprint density at radius 1 is 1.33 bits per heavy atom. The minimum atomic E-state index is -0.157. The molecule has 1 aliphatic rings. The molecule has 0 aromatic heterocycles. The first-order chi connectivity index (χ1) is 4.13. The van der Waals surface area contributed by atoms with Crippen LogP contribution in [0.3, 0.4) is 0 Å². The van der Waals surface area contributed by atoms with Gasteiger partial charge in [-0.3, -0.25) is 0 Å². The van der Waals surface area contributed by atoms with E-state index in [9.17, 15) is 5.11 Å². The number of hydrogen-bond donors (Lipinski definition) is 2. The summed E-state index contributed by atoms with van der Waals surface area (Å²) >= 11 is 0. The minimum absolute atomic E-state index is 0.157. The van der Waals surface area contributed by atoms with E-state index in [-0.39, 0.29) is 12.1 Å². The summed E-state index contributed by atoms with van der Waals surface area (Å²) in [6.45, 7) is 4.16. The molecule has 2 nitrogen and oxygen atoms in total. The number of aliphatic hydroxyl groups is 1. The summed E-state index contributed by atoms with van der Waals surface area (Å²) in [7, 11) is 0. The second kappa shape index (κ2) is 2.27. The highest BCUT2D eigenvalue weighted by Crippen LogP contribution is 2.29. The van der Waals surface area contributed by atoms with Gasteiger partial charge in [0.15, 0.2) is 0 Å². The molecule has 4 atom stereocenters. The van der Waals surface area contributed by atoms with Gasteiger partial charge in [0.25, 0.3) is 0 Å². The molecular formula is C7H15NO. The molecule has 54 valence electrons. The van der Waals surface area contributed by atoms with Crippen molar-refractivity contribution in [3.05, 3.63) is 0 Å². The lowest BCUT2D eigenvalue weighted by Crippen LogP contribution is -2.24. The van der Waals surface area contributed by atoms with Gasteiger partial charge in [0, 0.05) is 6.04 Å². The van der Waals surface area contributed by atoms with Crippen LogP contribution in [0, 0.1) is 11.8 Å². The summed E-state index contributed by atoms with van der Waals surface area (Å²) in [4.78, 5) is 0. The fourth-order valence-electron chi connectivity index (χ4n) is 1.45. The number of rotatable bonds is 0. The Labute approximate surface area is 56.1 Å². The zero-order valence-corrected chi connectivity index (χ0v) is 6.04. The Morgan fingerprint density at radius 3 is 2.00 bits per heavy atom.